The summed E-state index contributed by atoms with van der Waals surface area (Å²) < 4.78 is 16.7. The summed E-state index contributed by atoms with van der Waals surface area (Å²) in [6, 6.07) is 12.5. The third-order valence-electron chi connectivity index (χ3n) is 3.04. The van der Waals surface area contributed by atoms with Gasteiger partial charge in [-0.15, -0.1) is 5.10 Å². The number of rotatable bonds is 2. The van der Waals surface area contributed by atoms with E-state index in [0.29, 0.717) is 5.02 Å². The number of hydrogen-bond donors (Lipinski definition) is 0. The largest absolute Gasteiger partial charge is 0.318 e. The summed E-state index contributed by atoms with van der Waals surface area (Å²) in [5.41, 5.74) is 1.33. The van der Waals surface area contributed by atoms with Gasteiger partial charge in [0.15, 0.2) is 0 Å². The molecule has 2 aromatic carbocycles. The lowest BCUT2D eigenvalue weighted by atomic mass is 10.2. The molecule has 0 radical (unpaired) electrons. The smallest absolute Gasteiger partial charge is 0.211 e. The highest BCUT2D eigenvalue weighted by atomic mass is 35.5. The van der Waals surface area contributed by atoms with Gasteiger partial charge in [-0.2, -0.15) is 5.10 Å². The first-order chi connectivity index (χ1) is 10.2. The second-order valence-electron chi connectivity index (χ2n) is 4.39. The van der Waals surface area contributed by atoms with Gasteiger partial charge in [0.05, 0.1) is 21.5 Å². The van der Waals surface area contributed by atoms with Gasteiger partial charge in [0, 0.05) is 12.6 Å². The Morgan fingerprint density at radius 2 is 2.00 bits per heavy atom. The summed E-state index contributed by atoms with van der Waals surface area (Å²) >= 11 is 7.45. The molecule has 0 amide bonds. The average molecular weight is 320 g/mol. The molecule has 0 unspecified atom stereocenters. The zero-order valence-electron chi connectivity index (χ0n) is 11.1. The van der Waals surface area contributed by atoms with E-state index in [1.807, 2.05) is 35.9 Å². The molecule has 3 rings (SSSR count). The second kappa shape index (κ2) is 5.79. The van der Waals surface area contributed by atoms with Gasteiger partial charge in [0.2, 0.25) is 4.80 Å². The fourth-order valence-electron chi connectivity index (χ4n) is 1.95. The maximum Gasteiger partial charge on any atom is 0.211 e. The molecule has 0 aliphatic carbocycles. The van der Waals surface area contributed by atoms with Crippen molar-refractivity contribution in [3.05, 3.63) is 63.7 Å². The molecule has 0 saturated carbocycles. The van der Waals surface area contributed by atoms with Crippen LogP contribution in [0.25, 0.3) is 10.2 Å². The van der Waals surface area contributed by atoms with E-state index in [1.165, 1.54) is 23.6 Å². The molecule has 0 fully saturated rings. The molecule has 0 spiro atoms. The summed E-state index contributed by atoms with van der Waals surface area (Å²) in [4.78, 5) is 0.736. The Labute approximate surface area is 129 Å². The third kappa shape index (κ3) is 2.75. The van der Waals surface area contributed by atoms with E-state index in [1.54, 1.807) is 12.1 Å². The summed E-state index contributed by atoms with van der Waals surface area (Å²) in [6.07, 6.45) is 1.34. The van der Waals surface area contributed by atoms with Crippen molar-refractivity contribution in [2.24, 2.45) is 17.3 Å². The van der Waals surface area contributed by atoms with Gasteiger partial charge in [0.25, 0.3) is 0 Å². The summed E-state index contributed by atoms with van der Waals surface area (Å²) in [7, 11) is 1.92. The zero-order chi connectivity index (χ0) is 14.8. The molecule has 21 heavy (non-hydrogen) atoms. The molecule has 0 aliphatic heterocycles. The van der Waals surface area contributed by atoms with Gasteiger partial charge in [-0.3, -0.25) is 0 Å². The fraction of sp³-hybridized carbons (Fsp3) is 0.0667. The van der Waals surface area contributed by atoms with Crippen LogP contribution < -0.4 is 4.80 Å². The quantitative estimate of drug-likeness (QED) is 0.505. The molecule has 0 N–H and O–H groups in total. The molecule has 0 atom stereocenters. The van der Waals surface area contributed by atoms with Crippen LogP contribution in [0, 0.1) is 5.82 Å². The predicted molar refractivity (Wildman–Crippen MR) is 85.4 cm³/mol. The molecule has 0 bridgehead atoms. The Hall–Kier alpha value is -1.98. The van der Waals surface area contributed by atoms with Gasteiger partial charge in [-0.1, -0.05) is 41.1 Å². The van der Waals surface area contributed by atoms with Gasteiger partial charge >= 0.3 is 0 Å². The highest BCUT2D eigenvalue weighted by molar-refractivity contribution is 7.16. The molecule has 6 heteroatoms. The minimum atomic E-state index is -0.415. The van der Waals surface area contributed by atoms with E-state index in [2.05, 4.69) is 10.2 Å². The average Bonchev–Trinajstić information content (AvgIpc) is 2.79. The van der Waals surface area contributed by atoms with Crippen LogP contribution in [0.15, 0.2) is 52.7 Å². The van der Waals surface area contributed by atoms with Crippen molar-refractivity contribution in [3.8, 4) is 0 Å². The van der Waals surface area contributed by atoms with Crippen LogP contribution in [-0.2, 0) is 7.05 Å². The Morgan fingerprint density at radius 1 is 1.19 bits per heavy atom. The zero-order valence-corrected chi connectivity index (χ0v) is 12.7. The van der Waals surface area contributed by atoms with Crippen molar-refractivity contribution in [1.82, 2.24) is 4.57 Å². The maximum atomic E-state index is 13.6. The van der Waals surface area contributed by atoms with Gasteiger partial charge in [-0.05, 0) is 24.3 Å². The number of halogens is 2. The van der Waals surface area contributed by atoms with Gasteiger partial charge in [-0.25, -0.2) is 4.39 Å². The van der Waals surface area contributed by atoms with E-state index in [4.69, 9.17) is 11.6 Å². The molecular formula is C15H11ClFN3S. The van der Waals surface area contributed by atoms with Crippen molar-refractivity contribution < 1.29 is 4.39 Å². The van der Waals surface area contributed by atoms with Crippen LogP contribution in [0.2, 0.25) is 5.02 Å². The topological polar surface area (TPSA) is 29.6 Å². The lowest BCUT2D eigenvalue weighted by molar-refractivity contribution is 0.626. The molecule has 106 valence electrons. The number of nitrogens with zero attached hydrogens (tertiary/aromatic N) is 3. The first-order valence-electron chi connectivity index (χ1n) is 6.22. The molecule has 3 nitrogen and oxygen atoms in total. The number of fused-ring (bicyclic) bond motifs is 1. The van der Waals surface area contributed by atoms with Crippen LogP contribution in [-0.4, -0.2) is 10.8 Å². The normalized spacial score (nSPS) is 12.6. The van der Waals surface area contributed by atoms with Crippen LogP contribution in [0.5, 0.6) is 0 Å². The standard InChI is InChI=1S/C15H11ClFN3S/c1-20-13-7-2-3-8-14(13)21-15(20)19-18-9-10-11(16)5-4-6-12(10)17/h2-9H,1H3/b18-9+,19-15-. The Morgan fingerprint density at radius 3 is 2.76 bits per heavy atom. The van der Waals surface area contributed by atoms with E-state index in [-0.39, 0.29) is 5.56 Å². The van der Waals surface area contributed by atoms with Crippen molar-refractivity contribution in [2.45, 2.75) is 0 Å². The number of thiazole rings is 1. The number of para-hydroxylation sites is 1. The van der Waals surface area contributed by atoms with Crippen molar-refractivity contribution >= 4 is 39.4 Å². The molecule has 1 aromatic heterocycles. The SMILES string of the molecule is Cn1/c(=N/N=C/c2c(F)cccc2Cl)sc2ccccc21. The molecular weight excluding hydrogens is 309 g/mol. The van der Waals surface area contributed by atoms with Crippen LogP contribution in [0.3, 0.4) is 0 Å². The van der Waals surface area contributed by atoms with Gasteiger partial charge < -0.3 is 4.57 Å². The first kappa shape index (κ1) is 14.0. The Balaban J connectivity index is 2.02. The number of hydrogen-bond acceptors (Lipinski definition) is 3. The van der Waals surface area contributed by atoms with E-state index < -0.39 is 5.82 Å². The summed E-state index contributed by atoms with van der Waals surface area (Å²) in [5.74, 6) is -0.415. The van der Waals surface area contributed by atoms with Crippen LogP contribution >= 0.6 is 22.9 Å². The second-order valence-corrected chi connectivity index (χ2v) is 5.81. The van der Waals surface area contributed by atoms with Crippen molar-refractivity contribution in [3.63, 3.8) is 0 Å². The highest BCUT2D eigenvalue weighted by Gasteiger charge is 2.03. The minimum Gasteiger partial charge on any atom is -0.318 e. The monoisotopic (exact) mass is 319 g/mol. The fourth-order valence-corrected chi connectivity index (χ4v) is 3.14. The summed E-state index contributed by atoms with van der Waals surface area (Å²) in [6.45, 7) is 0. The predicted octanol–water partition coefficient (Wildman–Crippen LogP) is 3.97. The maximum absolute atomic E-state index is 13.6. The number of aryl methyl sites for hydroxylation is 1. The van der Waals surface area contributed by atoms with Crippen molar-refractivity contribution in [1.29, 1.82) is 0 Å². The molecule has 3 aromatic rings. The van der Waals surface area contributed by atoms with E-state index in [0.717, 1.165) is 15.0 Å². The molecule has 0 aliphatic rings. The van der Waals surface area contributed by atoms with E-state index in [9.17, 15) is 4.39 Å². The number of benzene rings is 2. The van der Waals surface area contributed by atoms with Crippen molar-refractivity contribution in [2.75, 3.05) is 0 Å². The number of aromatic nitrogens is 1. The lowest BCUT2D eigenvalue weighted by Crippen LogP contribution is -2.08. The highest BCUT2D eigenvalue weighted by Crippen LogP contribution is 2.17. The Bertz CT molecular complexity index is 875. The molecule has 0 saturated heterocycles. The van der Waals surface area contributed by atoms with E-state index >= 15 is 0 Å². The Kier molecular flexibility index (Phi) is 3.86. The third-order valence-corrected chi connectivity index (χ3v) is 4.48. The lowest BCUT2D eigenvalue weighted by Gasteiger charge is -1.97. The van der Waals surface area contributed by atoms with Crippen LogP contribution in [0.4, 0.5) is 4.39 Å². The summed E-state index contributed by atoms with van der Waals surface area (Å²) in [5, 5.41) is 8.42. The first-order valence-corrected chi connectivity index (χ1v) is 7.42. The minimum absolute atomic E-state index is 0.242. The van der Waals surface area contributed by atoms with Gasteiger partial charge in [0.1, 0.15) is 5.82 Å². The van der Waals surface area contributed by atoms with Crippen LogP contribution in [0.1, 0.15) is 5.56 Å². The molecule has 1 heterocycles.